The van der Waals surface area contributed by atoms with Crippen molar-refractivity contribution in [3.8, 4) is 11.5 Å². The van der Waals surface area contributed by atoms with Crippen LogP contribution in [0.5, 0.6) is 11.5 Å². The smallest absolute Gasteiger partial charge is 0.255 e. The monoisotopic (exact) mass is 495 g/mol. The Morgan fingerprint density at radius 2 is 1.59 bits per heavy atom. The number of halogens is 2. The second kappa shape index (κ2) is 10.1. The summed E-state index contributed by atoms with van der Waals surface area (Å²) in [4.78, 5) is 12.5. The zero-order valence-electron chi connectivity index (χ0n) is 16.9. The number of nitrogens with one attached hydrogen (secondary N) is 1. The molecule has 0 atom stereocenters. The van der Waals surface area contributed by atoms with E-state index in [-0.39, 0.29) is 18.5 Å². The Kier molecular flexibility index (Phi) is 6.81. The van der Waals surface area contributed by atoms with Gasteiger partial charge in [-0.2, -0.15) is 5.10 Å². The van der Waals surface area contributed by atoms with E-state index in [1.807, 2.05) is 36.4 Å². The number of benzene rings is 3. The standard InChI is InChI=1S/C24H19BrFN3O3/c25-19-5-9-23(10-6-19)32-16-29-14-21(13-27-29)28-24(30)18-3-1-17(2-4-18)15-31-22-11-7-20(26)8-12-22/h1-14H,15-16H2,(H,28,30). The molecule has 0 saturated heterocycles. The second-order valence-corrected chi connectivity index (χ2v) is 7.81. The maximum absolute atomic E-state index is 12.9. The summed E-state index contributed by atoms with van der Waals surface area (Å²) < 4.78 is 26.8. The Morgan fingerprint density at radius 3 is 2.31 bits per heavy atom. The fourth-order valence-corrected chi connectivity index (χ4v) is 3.09. The minimum atomic E-state index is -0.310. The Bertz CT molecular complexity index is 1180. The quantitative estimate of drug-likeness (QED) is 0.342. The fraction of sp³-hybridized carbons (Fsp3) is 0.0833. The van der Waals surface area contributed by atoms with Crippen molar-refractivity contribution in [1.29, 1.82) is 0 Å². The zero-order valence-corrected chi connectivity index (χ0v) is 18.5. The van der Waals surface area contributed by atoms with Crippen LogP contribution in [-0.4, -0.2) is 15.7 Å². The third-order valence-electron chi connectivity index (χ3n) is 4.50. The van der Waals surface area contributed by atoms with Crippen LogP contribution in [0.25, 0.3) is 0 Å². The van der Waals surface area contributed by atoms with E-state index in [2.05, 4.69) is 26.3 Å². The van der Waals surface area contributed by atoms with Gasteiger partial charge in [-0.25, -0.2) is 9.07 Å². The predicted molar refractivity (Wildman–Crippen MR) is 122 cm³/mol. The van der Waals surface area contributed by atoms with E-state index in [0.29, 0.717) is 23.6 Å². The number of hydrogen-bond acceptors (Lipinski definition) is 4. The van der Waals surface area contributed by atoms with Crippen molar-refractivity contribution in [2.45, 2.75) is 13.3 Å². The van der Waals surface area contributed by atoms with Gasteiger partial charge < -0.3 is 14.8 Å². The first kappa shape index (κ1) is 21.6. The first-order valence-corrected chi connectivity index (χ1v) is 10.5. The largest absolute Gasteiger partial charge is 0.489 e. The third kappa shape index (κ3) is 5.95. The highest BCUT2D eigenvalue weighted by molar-refractivity contribution is 9.10. The summed E-state index contributed by atoms with van der Waals surface area (Å²) in [6.45, 7) is 0.541. The molecule has 6 nitrogen and oxygen atoms in total. The maximum Gasteiger partial charge on any atom is 0.255 e. The molecule has 0 radical (unpaired) electrons. The number of amides is 1. The Labute approximate surface area is 192 Å². The summed E-state index contributed by atoms with van der Waals surface area (Å²) in [7, 11) is 0. The highest BCUT2D eigenvalue weighted by atomic mass is 79.9. The van der Waals surface area contributed by atoms with Crippen molar-refractivity contribution in [3.05, 3.63) is 107 Å². The Morgan fingerprint density at radius 1 is 0.938 bits per heavy atom. The van der Waals surface area contributed by atoms with E-state index in [4.69, 9.17) is 9.47 Å². The molecule has 1 heterocycles. The molecule has 0 unspecified atom stereocenters. The summed E-state index contributed by atoms with van der Waals surface area (Å²) >= 11 is 3.38. The summed E-state index contributed by atoms with van der Waals surface area (Å²) in [5.74, 6) is 0.742. The van der Waals surface area contributed by atoms with Crippen LogP contribution in [0.1, 0.15) is 15.9 Å². The van der Waals surface area contributed by atoms with Crippen molar-refractivity contribution in [1.82, 2.24) is 9.78 Å². The SMILES string of the molecule is O=C(Nc1cnn(COc2ccc(Br)cc2)c1)c1ccc(COc2ccc(F)cc2)cc1. The van der Waals surface area contributed by atoms with Crippen molar-refractivity contribution in [2.75, 3.05) is 5.32 Å². The number of aromatic nitrogens is 2. The van der Waals surface area contributed by atoms with Crippen molar-refractivity contribution >= 4 is 27.5 Å². The highest BCUT2D eigenvalue weighted by Gasteiger charge is 2.08. The van der Waals surface area contributed by atoms with E-state index in [0.717, 1.165) is 15.8 Å². The third-order valence-corrected chi connectivity index (χ3v) is 5.03. The minimum Gasteiger partial charge on any atom is -0.489 e. The molecule has 32 heavy (non-hydrogen) atoms. The average molecular weight is 496 g/mol. The van der Waals surface area contributed by atoms with Gasteiger partial charge in [-0.05, 0) is 66.2 Å². The van der Waals surface area contributed by atoms with Gasteiger partial charge in [-0.1, -0.05) is 28.1 Å². The van der Waals surface area contributed by atoms with Crippen LogP contribution < -0.4 is 14.8 Å². The molecule has 1 N–H and O–H groups in total. The number of nitrogens with zero attached hydrogens (tertiary/aromatic N) is 2. The maximum atomic E-state index is 12.9. The van der Waals surface area contributed by atoms with Crippen molar-refractivity contribution < 1.29 is 18.7 Å². The molecule has 0 bridgehead atoms. The molecule has 4 rings (SSSR count). The van der Waals surface area contributed by atoms with E-state index in [1.165, 1.54) is 12.1 Å². The van der Waals surface area contributed by atoms with Crippen molar-refractivity contribution in [2.24, 2.45) is 0 Å². The van der Waals surface area contributed by atoms with Gasteiger partial charge in [-0.15, -0.1) is 0 Å². The Hall–Kier alpha value is -3.65. The molecule has 3 aromatic carbocycles. The van der Waals surface area contributed by atoms with Gasteiger partial charge >= 0.3 is 0 Å². The summed E-state index contributed by atoms with van der Waals surface area (Å²) in [5.41, 5.74) is 1.97. The van der Waals surface area contributed by atoms with Crippen LogP contribution >= 0.6 is 15.9 Å². The molecule has 1 aromatic heterocycles. The number of carbonyl (C=O) groups excluding carboxylic acids is 1. The topological polar surface area (TPSA) is 65.4 Å². The fourth-order valence-electron chi connectivity index (χ4n) is 2.82. The molecule has 1 amide bonds. The molecule has 4 aromatic rings. The molecule has 0 aliphatic carbocycles. The molecule has 0 aliphatic heterocycles. The first-order valence-electron chi connectivity index (χ1n) is 9.75. The molecule has 0 spiro atoms. The van der Waals surface area contributed by atoms with Gasteiger partial charge in [0.05, 0.1) is 18.1 Å². The van der Waals surface area contributed by atoms with E-state index in [1.54, 1.807) is 41.3 Å². The average Bonchev–Trinajstić information content (AvgIpc) is 3.26. The lowest BCUT2D eigenvalue weighted by Gasteiger charge is -2.07. The van der Waals surface area contributed by atoms with Gasteiger partial charge in [0.25, 0.3) is 5.91 Å². The van der Waals surface area contributed by atoms with E-state index in [9.17, 15) is 9.18 Å². The number of rotatable bonds is 8. The molecule has 0 aliphatic rings. The summed E-state index contributed by atoms with van der Waals surface area (Å²) in [6.07, 6.45) is 3.26. The van der Waals surface area contributed by atoms with Crippen LogP contribution in [0.15, 0.2) is 89.7 Å². The molecule has 0 saturated carbocycles. The first-order chi connectivity index (χ1) is 15.5. The number of carbonyl (C=O) groups is 1. The zero-order chi connectivity index (χ0) is 22.3. The highest BCUT2D eigenvalue weighted by Crippen LogP contribution is 2.17. The lowest BCUT2D eigenvalue weighted by atomic mass is 10.1. The van der Waals surface area contributed by atoms with Gasteiger partial charge in [0.1, 0.15) is 23.9 Å². The predicted octanol–water partition coefficient (Wildman–Crippen LogP) is 5.65. The summed E-state index contributed by atoms with van der Waals surface area (Å²) in [6, 6.07) is 20.4. The van der Waals surface area contributed by atoms with Crippen LogP contribution in [0.3, 0.4) is 0 Å². The van der Waals surface area contributed by atoms with E-state index >= 15 is 0 Å². The molecular weight excluding hydrogens is 477 g/mol. The van der Waals surface area contributed by atoms with Crippen LogP contribution in [0.2, 0.25) is 0 Å². The second-order valence-electron chi connectivity index (χ2n) is 6.89. The molecule has 162 valence electrons. The van der Waals surface area contributed by atoms with Gasteiger partial charge in [-0.3, -0.25) is 4.79 Å². The van der Waals surface area contributed by atoms with Crippen LogP contribution in [0.4, 0.5) is 10.1 Å². The van der Waals surface area contributed by atoms with Gasteiger partial charge in [0.15, 0.2) is 6.73 Å². The van der Waals surface area contributed by atoms with Crippen molar-refractivity contribution in [3.63, 3.8) is 0 Å². The van der Waals surface area contributed by atoms with Crippen LogP contribution in [0, 0.1) is 5.82 Å². The summed E-state index contributed by atoms with van der Waals surface area (Å²) in [5, 5.41) is 7.01. The number of anilines is 1. The number of hydrogen-bond donors (Lipinski definition) is 1. The molecular formula is C24H19BrFN3O3. The van der Waals surface area contributed by atoms with E-state index < -0.39 is 0 Å². The Balaban J connectivity index is 1.28. The molecule has 0 fully saturated rings. The minimum absolute atomic E-state index is 0.222. The van der Waals surface area contributed by atoms with Gasteiger partial charge in [0, 0.05) is 10.0 Å². The lowest BCUT2D eigenvalue weighted by molar-refractivity contribution is 0.102. The lowest BCUT2D eigenvalue weighted by Crippen LogP contribution is -2.11. The normalized spacial score (nSPS) is 10.6. The van der Waals surface area contributed by atoms with Crippen LogP contribution in [-0.2, 0) is 13.3 Å². The van der Waals surface area contributed by atoms with Gasteiger partial charge in [0.2, 0.25) is 0 Å². The number of ether oxygens (including phenoxy) is 2. The molecule has 8 heteroatoms.